The second kappa shape index (κ2) is 9.44. The van der Waals surface area contributed by atoms with Gasteiger partial charge in [-0.3, -0.25) is 17.8 Å². The summed E-state index contributed by atoms with van der Waals surface area (Å²) in [7, 11) is 0. The van der Waals surface area contributed by atoms with Gasteiger partial charge in [0, 0.05) is 0 Å². The molecule has 9 nitrogen and oxygen atoms in total. The lowest BCUT2D eigenvalue weighted by molar-refractivity contribution is 1.02. The van der Waals surface area contributed by atoms with Gasteiger partial charge >= 0.3 is 0 Å². The fourth-order valence-corrected chi connectivity index (χ4v) is 7.46. The fourth-order valence-electron chi connectivity index (χ4n) is 7.46. The summed E-state index contributed by atoms with van der Waals surface area (Å²) >= 11 is 0. The van der Waals surface area contributed by atoms with Crippen LogP contribution < -0.4 is 0 Å². The highest BCUT2D eigenvalue weighted by Gasteiger charge is 2.21. The monoisotopic (exact) mass is 629 g/mol. The van der Waals surface area contributed by atoms with E-state index in [9.17, 15) is 5.26 Å². The fraction of sp³-hybridized carbons (Fsp3) is 0. The molecule has 6 aromatic carbocycles. The minimum atomic E-state index is 0.569. The SMILES string of the molecule is N#Cc1ccc2c(c1)n1c3ccccc3nc1n(-c1cccc(-n3c4ccccc4n4c5ccccc5nc34)c1)c1nc3ccccc3n21. The number of para-hydroxylation sites is 8. The zero-order chi connectivity index (χ0) is 32.2. The van der Waals surface area contributed by atoms with Crippen molar-refractivity contribution in [3.05, 3.63) is 145 Å². The molecule has 49 heavy (non-hydrogen) atoms. The summed E-state index contributed by atoms with van der Waals surface area (Å²) in [6, 6.07) is 49.5. The molecule has 0 aliphatic heterocycles. The Hall–Kier alpha value is -7.18. The first-order valence-corrected chi connectivity index (χ1v) is 16.0. The topological polar surface area (TPSA) is 85.5 Å². The van der Waals surface area contributed by atoms with Crippen LogP contribution in [0.4, 0.5) is 0 Å². The Morgan fingerprint density at radius 2 is 0.837 bits per heavy atom. The van der Waals surface area contributed by atoms with Crippen molar-refractivity contribution in [2.45, 2.75) is 0 Å². The molecule has 5 aromatic heterocycles. The summed E-state index contributed by atoms with van der Waals surface area (Å²) in [5, 5.41) is 9.98. The maximum absolute atomic E-state index is 9.98. The van der Waals surface area contributed by atoms with Crippen LogP contribution in [0.1, 0.15) is 5.56 Å². The third-order valence-electron chi connectivity index (χ3n) is 9.53. The van der Waals surface area contributed by atoms with Crippen LogP contribution in [0.25, 0.3) is 83.9 Å². The summed E-state index contributed by atoms with van der Waals surface area (Å²) in [6.45, 7) is 0. The summed E-state index contributed by atoms with van der Waals surface area (Å²) in [4.78, 5) is 15.6. The van der Waals surface area contributed by atoms with Gasteiger partial charge in [0.05, 0.1) is 78.2 Å². The predicted octanol–water partition coefficient (Wildman–Crippen LogP) is 8.41. The van der Waals surface area contributed by atoms with Crippen molar-refractivity contribution in [3.63, 3.8) is 0 Å². The third kappa shape index (κ3) is 3.44. The molecule has 0 bridgehead atoms. The molecule has 0 aliphatic carbocycles. The molecule has 0 radical (unpaired) electrons. The maximum atomic E-state index is 9.98. The number of imidazole rings is 4. The Morgan fingerprint density at radius 3 is 1.41 bits per heavy atom. The van der Waals surface area contributed by atoms with Crippen molar-refractivity contribution in [2.75, 3.05) is 0 Å². The van der Waals surface area contributed by atoms with E-state index in [0.29, 0.717) is 17.1 Å². The molecule has 0 saturated heterocycles. The van der Waals surface area contributed by atoms with E-state index in [0.717, 1.165) is 72.3 Å². The number of nitriles is 1. The van der Waals surface area contributed by atoms with E-state index in [1.807, 2.05) is 60.7 Å². The molecule has 9 heteroatoms. The molecule has 0 amide bonds. The van der Waals surface area contributed by atoms with Crippen molar-refractivity contribution < 1.29 is 0 Å². The number of rotatable bonds is 2. The number of fused-ring (bicyclic) bond motifs is 14. The molecular weight excluding hydrogens is 607 g/mol. The molecule has 228 valence electrons. The predicted molar refractivity (Wildman–Crippen MR) is 192 cm³/mol. The van der Waals surface area contributed by atoms with E-state index in [2.05, 4.69) is 107 Å². The van der Waals surface area contributed by atoms with Crippen molar-refractivity contribution in [1.29, 1.82) is 5.26 Å². The van der Waals surface area contributed by atoms with E-state index >= 15 is 0 Å². The van der Waals surface area contributed by atoms with Gasteiger partial charge in [0.15, 0.2) is 0 Å². The molecule has 0 saturated carbocycles. The summed E-state index contributed by atoms with van der Waals surface area (Å²) in [5.74, 6) is 2.22. The van der Waals surface area contributed by atoms with Crippen LogP contribution in [-0.4, -0.2) is 37.3 Å². The zero-order valence-corrected chi connectivity index (χ0v) is 25.8. The number of hydrogen-bond acceptors (Lipinski definition) is 4. The zero-order valence-electron chi connectivity index (χ0n) is 25.8. The molecule has 0 unspecified atom stereocenters. The van der Waals surface area contributed by atoms with Crippen LogP contribution in [-0.2, 0) is 0 Å². The van der Waals surface area contributed by atoms with E-state index in [4.69, 9.17) is 15.0 Å². The average molecular weight is 630 g/mol. The van der Waals surface area contributed by atoms with Gasteiger partial charge in [0.1, 0.15) is 0 Å². The van der Waals surface area contributed by atoms with Gasteiger partial charge in [-0.05, 0) is 84.9 Å². The minimum Gasteiger partial charge on any atom is -0.278 e. The van der Waals surface area contributed by atoms with E-state index in [-0.39, 0.29) is 0 Å². The largest absolute Gasteiger partial charge is 0.278 e. The van der Waals surface area contributed by atoms with Gasteiger partial charge in [-0.15, -0.1) is 0 Å². The van der Waals surface area contributed by atoms with Crippen LogP contribution in [0.5, 0.6) is 0 Å². The van der Waals surface area contributed by atoms with Gasteiger partial charge in [-0.2, -0.15) is 5.26 Å². The molecule has 0 atom stereocenters. The Morgan fingerprint density at radius 1 is 0.388 bits per heavy atom. The first-order valence-electron chi connectivity index (χ1n) is 16.0. The number of aromatic nitrogens is 8. The van der Waals surface area contributed by atoms with E-state index in [1.54, 1.807) is 0 Å². The van der Waals surface area contributed by atoms with Crippen LogP contribution in [0.3, 0.4) is 0 Å². The first-order chi connectivity index (χ1) is 24.3. The molecular formula is C40H23N9. The van der Waals surface area contributed by atoms with Crippen molar-refractivity contribution in [3.8, 4) is 17.4 Å². The van der Waals surface area contributed by atoms with Crippen LogP contribution in [0.15, 0.2) is 140 Å². The highest BCUT2D eigenvalue weighted by atomic mass is 15.3. The molecule has 0 N–H and O–H groups in total. The second-order valence-electron chi connectivity index (χ2n) is 12.2. The minimum absolute atomic E-state index is 0.569. The maximum Gasteiger partial charge on any atom is 0.223 e. The summed E-state index contributed by atoms with van der Waals surface area (Å²) in [6.07, 6.45) is 0. The van der Waals surface area contributed by atoms with Crippen molar-refractivity contribution >= 4 is 72.5 Å². The van der Waals surface area contributed by atoms with Crippen LogP contribution in [0, 0.1) is 11.3 Å². The van der Waals surface area contributed by atoms with Gasteiger partial charge in [0.25, 0.3) is 0 Å². The van der Waals surface area contributed by atoms with Gasteiger partial charge < -0.3 is 0 Å². The van der Waals surface area contributed by atoms with E-state index < -0.39 is 0 Å². The normalized spacial score (nSPS) is 12.1. The Balaban J connectivity index is 1.33. The van der Waals surface area contributed by atoms with Crippen molar-refractivity contribution in [2.24, 2.45) is 0 Å². The number of benzene rings is 6. The second-order valence-corrected chi connectivity index (χ2v) is 12.2. The standard InChI is InChI=1S/C40H23N9/c41-24-25-20-21-36-37(22-25)49-33-17-6-3-14-30(33)44-40(49)46(39-43-29-13-2-5-16-32(29)48(36)39)27-11-9-10-26(23-27)45-34-18-7-8-19-35(34)47-31-15-4-1-12-28(31)42-38(45)47/h1-23H. The Kier molecular flexibility index (Phi) is 5.00. The lowest BCUT2D eigenvalue weighted by Crippen LogP contribution is -2.04. The average Bonchev–Trinajstić information content (AvgIpc) is 3.88. The molecule has 0 fully saturated rings. The summed E-state index contributed by atoms with van der Waals surface area (Å²) < 4.78 is 10.9. The quantitative estimate of drug-likeness (QED) is 0.192. The molecule has 0 spiro atoms. The van der Waals surface area contributed by atoms with Gasteiger partial charge in [-0.1, -0.05) is 54.6 Å². The van der Waals surface area contributed by atoms with Crippen molar-refractivity contribution in [1.82, 2.24) is 37.3 Å². The number of nitrogens with zero attached hydrogens (tertiary/aromatic N) is 9. The highest BCUT2D eigenvalue weighted by Crippen LogP contribution is 2.33. The molecule has 11 rings (SSSR count). The Bertz CT molecular complexity index is 3250. The van der Waals surface area contributed by atoms with Gasteiger partial charge in [0.2, 0.25) is 17.3 Å². The third-order valence-corrected chi connectivity index (χ3v) is 9.53. The first kappa shape index (κ1) is 25.9. The van der Waals surface area contributed by atoms with E-state index in [1.165, 1.54) is 0 Å². The molecule has 11 aromatic rings. The van der Waals surface area contributed by atoms with Gasteiger partial charge in [-0.25, -0.2) is 19.5 Å². The highest BCUT2D eigenvalue weighted by molar-refractivity contribution is 5.94. The Labute approximate surface area is 277 Å². The smallest absolute Gasteiger partial charge is 0.223 e. The molecule has 5 heterocycles. The lowest BCUT2D eigenvalue weighted by atomic mass is 10.2. The number of hydrogen-bond donors (Lipinski definition) is 0. The molecule has 0 aliphatic rings. The summed E-state index contributed by atoms with van der Waals surface area (Å²) in [5.41, 5.74) is 11.9. The lowest BCUT2D eigenvalue weighted by Gasteiger charge is -2.11. The van der Waals surface area contributed by atoms with Crippen LogP contribution in [0.2, 0.25) is 0 Å². The van der Waals surface area contributed by atoms with Crippen LogP contribution >= 0.6 is 0 Å².